The van der Waals surface area contributed by atoms with E-state index in [0.717, 1.165) is 18.4 Å². The topological polar surface area (TPSA) is 53.7 Å². The molecular formula is C11H16NO3Si. The van der Waals surface area contributed by atoms with Gasteiger partial charge in [0.1, 0.15) is 5.75 Å². The van der Waals surface area contributed by atoms with Crippen LogP contribution in [-0.4, -0.2) is 31.3 Å². The Bertz CT molecular complexity index is 344. The van der Waals surface area contributed by atoms with Gasteiger partial charge in [0.15, 0.2) is 5.75 Å². The summed E-state index contributed by atoms with van der Waals surface area (Å²) in [7, 11) is 6.18. The standard InChI is InChI=1S/C11H16NO3Si/c1-13-10-8(4-3-7-12)5-6-9(15-16)11(10)14-2/h5-6H,3-4,7,12H2,1-2H3. The van der Waals surface area contributed by atoms with E-state index in [1.54, 1.807) is 14.2 Å². The van der Waals surface area contributed by atoms with Crippen LogP contribution in [0.25, 0.3) is 0 Å². The maximum absolute atomic E-state index is 5.49. The summed E-state index contributed by atoms with van der Waals surface area (Å²) >= 11 is 0. The normalized spacial score (nSPS) is 10.0. The molecule has 0 aliphatic heterocycles. The maximum atomic E-state index is 5.49. The molecule has 0 aliphatic carbocycles. The number of methoxy groups -OCH3 is 2. The molecule has 0 heterocycles. The molecule has 3 radical (unpaired) electrons. The fraction of sp³-hybridized carbons (Fsp3) is 0.455. The zero-order valence-electron chi connectivity index (χ0n) is 9.58. The highest BCUT2D eigenvalue weighted by Gasteiger charge is 2.14. The largest absolute Gasteiger partial charge is 0.538 e. The molecule has 0 aromatic heterocycles. The molecule has 0 fully saturated rings. The fourth-order valence-electron chi connectivity index (χ4n) is 1.57. The average molecular weight is 238 g/mol. The third-order valence-corrected chi connectivity index (χ3v) is 2.55. The second-order valence-corrected chi connectivity index (χ2v) is 3.49. The second-order valence-electron chi connectivity index (χ2n) is 3.28. The summed E-state index contributed by atoms with van der Waals surface area (Å²) in [6, 6.07) is 3.78. The molecule has 0 saturated carbocycles. The molecule has 2 N–H and O–H groups in total. The molecule has 1 rings (SSSR count). The summed E-state index contributed by atoms with van der Waals surface area (Å²) in [6.45, 7) is 0.655. The summed E-state index contributed by atoms with van der Waals surface area (Å²) in [6.07, 6.45) is 1.77. The Hall–Kier alpha value is -1.20. The Morgan fingerprint density at radius 3 is 2.38 bits per heavy atom. The third kappa shape index (κ3) is 2.68. The van der Waals surface area contributed by atoms with E-state index >= 15 is 0 Å². The molecule has 1 aromatic carbocycles. The Balaban J connectivity index is 3.10. The SMILES string of the molecule is COc1c(CCCN)ccc(O[Si])c1OC. The minimum atomic E-state index is 0.590. The van der Waals surface area contributed by atoms with Crippen LogP contribution in [0.3, 0.4) is 0 Å². The van der Waals surface area contributed by atoms with Crippen molar-refractivity contribution in [2.75, 3.05) is 20.8 Å². The summed E-state index contributed by atoms with van der Waals surface area (Å²) in [4.78, 5) is 0. The first-order valence-electron chi connectivity index (χ1n) is 5.06. The highest BCUT2D eigenvalue weighted by Crippen LogP contribution is 2.39. The Morgan fingerprint density at radius 1 is 1.19 bits per heavy atom. The van der Waals surface area contributed by atoms with Crippen molar-refractivity contribution in [1.82, 2.24) is 0 Å². The van der Waals surface area contributed by atoms with Crippen molar-refractivity contribution in [2.24, 2.45) is 5.73 Å². The number of hydrogen-bond acceptors (Lipinski definition) is 4. The molecule has 5 heteroatoms. The minimum absolute atomic E-state index is 0.590. The molecular weight excluding hydrogens is 222 g/mol. The van der Waals surface area contributed by atoms with Crippen molar-refractivity contribution in [1.29, 1.82) is 0 Å². The van der Waals surface area contributed by atoms with Crippen molar-refractivity contribution in [2.45, 2.75) is 12.8 Å². The minimum Gasteiger partial charge on any atom is -0.538 e. The van der Waals surface area contributed by atoms with Gasteiger partial charge in [-0.05, 0) is 31.0 Å². The van der Waals surface area contributed by atoms with Crippen LogP contribution in [0.2, 0.25) is 0 Å². The zero-order valence-corrected chi connectivity index (χ0v) is 10.6. The van der Waals surface area contributed by atoms with Gasteiger partial charge in [0, 0.05) is 0 Å². The summed E-state index contributed by atoms with van der Waals surface area (Å²) < 4.78 is 15.6. The van der Waals surface area contributed by atoms with E-state index in [4.69, 9.17) is 19.6 Å². The van der Waals surface area contributed by atoms with Crippen LogP contribution in [0.15, 0.2) is 12.1 Å². The van der Waals surface area contributed by atoms with Gasteiger partial charge in [-0.2, -0.15) is 0 Å². The lowest BCUT2D eigenvalue weighted by molar-refractivity contribution is 0.342. The van der Waals surface area contributed by atoms with Crippen LogP contribution >= 0.6 is 0 Å². The molecule has 0 amide bonds. The predicted molar refractivity (Wildman–Crippen MR) is 63.3 cm³/mol. The molecule has 16 heavy (non-hydrogen) atoms. The van der Waals surface area contributed by atoms with Gasteiger partial charge in [0.2, 0.25) is 5.75 Å². The highest BCUT2D eigenvalue weighted by molar-refractivity contribution is 6.00. The Morgan fingerprint density at radius 2 is 1.88 bits per heavy atom. The van der Waals surface area contributed by atoms with E-state index in [1.807, 2.05) is 12.1 Å². The molecule has 4 nitrogen and oxygen atoms in total. The van der Waals surface area contributed by atoms with Crippen molar-refractivity contribution in [3.05, 3.63) is 17.7 Å². The van der Waals surface area contributed by atoms with Gasteiger partial charge in [-0.15, -0.1) is 0 Å². The molecule has 87 valence electrons. The number of aryl methyl sites for hydroxylation is 1. The monoisotopic (exact) mass is 238 g/mol. The molecule has 0 saturated heterocycles. The Kier molecular flexibility index (Phi) is 5.14. The van der Waals surface area contributed by atoms with E-state index in [-0.39, 0.29) is 0 Å². The van der Waals surface area contributed by atoms with Crippen LogP contribution in [0, 0.1) is 0 Å². The second kappa shape index (κ2) is 6.39. The zero-order chi connectivity index (χ0) is 12.0. The number of rotatable bonds is 6. The maximum Gasteiger partial charge on any atom is 0.341 e. The lowest BCUT2D eigenvalue weighted by atomic mass is 10.1. The smallest absolute Gasteiger partial charge is 0.341 e. The first-order valence-corrected chi connectivity index (χ1v) is 5.46. The van der Waals surface area contributed by atoms with Crippen LogP contribution in [0.1, 0.15) is 12.0 Å². The first-order chi connectivity index (χ1) is 7.78. The number of benzene rings is 1. The predicted octanol–water partition coefficient (Wildman–Crippen LogP) is 1.06. The quantitative estimate of drug-likeness (QED) is 0.753. The molecule has 0 spiro atoms. The van der Waals surface area contributed by atoms with Crippen molar-refractivity contribution >= 4 is 10.5 Å². The van der Waals surface area contributed by atoms with Crippen LogP contribution in [-0.2, 0) is 6.42 Å². The van der Waals surface area contributed by atoms with Crippen molar-refractivity contribution in [3.8, 4) is 17.2 Å². The number of ether oxygens (including phenoxy) is 2. The fourth-order valence-corrected chi connectivity index (χ4v) is 1.73. The van der Waals surface area contributed by atoms with E-state index < -0.39 is 0 Å². The van der Waals surface area contributed by atoms with Gasteiger partial charge in [0.25, 0.3) is 0 Å². The summed E-state index contributed by atoms with van der Waals surface area (Å²) in [5.74, 6) is 1.88. The highest BCUT2D eigenvalue weighted by atomic mass is 28.2. The number of hydrogen-bond donors (Lipinski definition) is 1. The van der Waals surface area contributed by atoms with Crippen LogP contribution in [0.5, 0.6) is 17.2 Å². The van der Waals surface area contributed by atoms with Gasteiger partial charge in [0.05, 0.1) is 14.2 Å². The molecule has 0 unspecified atom stereocenters. The van der Waals surface area contributed by atoms with Crippen molar-refractivity contribution < 1.29 is 13.9 Å². The van der Waals surface area contributed by atoms with Gasteiger partial charge in [-0.1, -0.05) is 6.07 Å². The Labute approximate surface area is 99.2 Å². The van der Waals surface area contributed by atoms with Crippen LogP contribution in [0.4, 0.5) is 0 Å². The molecule has 0 atom stereocenters. The van der Waals surface area contributed by atoms with Crippen molar-refractivity contribution in [3.63, 3.8) is 0 Å². The first kappa shape index (κ1) is 12.9. The molecule has 1 aromatic rings. The van der Waals surface area contributed by atoms with Crippen LogP contribution < -0.4 is 19.6 Å². The molecule has 0 aliphatic rings. The van der Waals surface area contributed by atoms with E-state index in [0.29, 0.717) is 23.8 Å². The number of nitrogens with two attached hydrogens (primary N) is 1. The third-order valence-electron chi connectivity index (χ3n) is 2.33. The summed E-state index contributed by atoms with van der Waals surface area (Å²) in [5, 5.41) is 0. The van der Waals surface area contributed by atoms with E-state index in [2.05, 4.69) is 10.5 Å². The van der Waals surface area contributed by atoms with E-state index in [9.17, 15) is 0 Å². The molecule has 0 bridgehead atoms. The van der Waals surface area contributed by atoms with Gasteiger partial charge in [-0.3, -0.25) is 0 Å². The van der Waals surface area contributed by atoms with Gasteiger partial charge >= 0.3 is 10.5 Å². The van der Waals surface area contributed by atoms with E-state index in [1.165, 1.54) is 0 Å². The summed E-state index contributed by atoms with van der Waals surface area (Å²) in [5.41, 5.74) is 6.56. The lowest BCUT2D eigenvalue weighted by Crippen LogP contribution is -2.03. The lowest BCUT2D eigenvalue weighted by Gasteiger charge is -2.15. The average Bonchev–Trinajstić information content (AvgIpc) is 2.34. The van der Waals surface area contributed by atoms with Gasteiger partial charge in [-0.25, -0.2) is 0 Å². The van der Waals surface area contributed by atoms with Gasteiger partial charge < -0.3 is 19.6 Å².